The van der Waals surface area contributed by atoms with Crippen LogP contribution in [0.5, 0.6) is 5.75 Å². The van der Waals surface area contributed by atoms with Gasteiger partial charge in [-0.25, -0.2) is 0 Å². The minimum atomic E-state index is -1.50. The van der Waals surface area contributed by atoms with Gasteiger partial charge in [-0.1, -0.05) is 96.6 Å². The van der Waals surface area contributed by atoms with Crippen molar-refractivity contribution < 1.29 is 19.1 Å². The van der Waals surface area contributed by atoms with Crippen molar-refractivity contribution in [3.05, 3.63) is 137 Å². The summed E-state index contributed by atoms with van der Waals surface area (Å²) in [7, 11) is 1.57. The second-order valence-electron chi connectivity index (χ2n) is 10.8. The number of ether oxygens (including phenoxy) is 1. The Bertz CT molecular complexity index is 1700. The molecule has 196 valence electrons. The average molecular weight is 526 g/mol. The van der Waals surface area contributed by atoms with Crippen LogP contribution in [0, 0.1) is 12.3 Å². The van der Waals surface area contributed by atoms with E-state index in [0.717, 1.165) is 22.4 Å². The molecule has 3 atom stereocenters. The number of hydrogen-bond donors (Lipinski definition) is 0. The Hall–Kier alpha value is -4.77. The van der Waals surface area contributed by atoms with Crippen LogP contribution >= 0.6 is 0 Å². The first-order valence-electron chi connectivity index (χ1n) is 13.5. The molecule has 0 bridgehead atoms. The molecule has 4 aromatic carbocycles. The topological polar surface area (TPSA) is 63.7 Å². The van der Waals surface area contributed by atoms with Gasteiger partial charge in [-0.05, 0) is 36.2 Å². The molecule has 40 heavy (non-hydrogen) atoms. The molecular weight excluding hydrogens is 498 g/mol. The number of ketones is 3. The van der Waals surface area contributed by atoms with Gasteiger partial charge in [0.25, 0.3) is 0 Å². The zero-order valence-corrected chi connectivity index (χ0v) is 22.2. The molecule has 3 aliphatic rings. The van der Waals surface area contributed by atoms with E-state index in [9.17, 15) is 14.4 Å². The summed E-state index contributed by atoms with van der Waals surface area (Å²) < 4.78 is 5.44. The van der Waals surface area contributed by atoms with Gasteiger partial charge in [0.05, 0.1) is 13.2 Å². The minimum absolute atomic E-state index is 0.159. The SMILES string of the molecule is COc1cccc(C(=O)[C@@H]2[C@H](c3ccc(C)cc3)C3(C(=O)c4ccccc4C3=O)[C@H]3C=Cc4ccccc4N23)c1. The number of benzene rings is 4. The molecule has 0 unspecified atom stereocenters. The summed E-state index contributed by atoms with van der Waals surface area (Å²) in [6.45, 7) is 2.00. The molecule has 2 aliphatic heterocycles. The van der Waals surface area contributed by atoms with Crippen LogP contribution in [0.25, 0.3) is 6.08 Å². The van der Waals surface area contributed by atoms with Crippen LogP contribution in [0.15, 0.2) is 103 Å². The summed E-state index contributed by atoms with van der Waals surface area (Å²) in [6, 6.07) is 28.4. The molecule has 1 spiro atoms. The molecule has 0 amide bonds. The lowest BCUT2D eigenvalue weighted by molar-refractivity contribution is 0.0666. The van der Waals surface area contributed by atoms with E-state index in [2.05, 4.69) is 0 Å². The molecule has 1 saturated heterocycles. The highest BCUT2D eigenvalue weighted by atomic mass is 16.5. The predicted molar refractivity (Wildman–Crippen MR) is 154 cm³/mol. The van der Waals surface area contributed by atoms with Gasteiger partial charge in [-0.3, -0.25) is 14.4 Å². The van der Waals surface area contributed by atoms with E-state index in [1.165, 1.54) is 0 Å². The van der Waals surface area contributed by atoms with Gasteiger partial charge >= 0.3 is 0 Å². The van der Waals surface area contributed by atoms with Gasteiger partial charge < -0.3 is 9.64 Å². The molecule has 7 rings (SSSR count). The van der Waals surface area contributed by atoms with Gasteiger partial charge in [-0.2, -0.15) is 0 Å². The van der Waals surface area contributed by atoms with Crippen molar-refractivity contribution in [3.8, 4) is 5.75 Å². The highest BCUT2D eigenvalue weighted by molar-refractivity contribution is 6.32. The Morgan fingerprint density at radius 2 is 1.50 bits per heavy atom. The second-order valence-corrected chi connectivity index (χ2v) is 10.8. The standard InChI is InChI=1S/C35H27NO4/c1-21-14-16-23(17-15-21)30-31(32(37)24-9-7-10-25(20-24)40-2)36-28-13-6-3-8-22(28)18-19-29(36)35(30)33(38)26-11-4-5-12-27(26)34(35)39/h3-20,29-31H,1-2H3/t29-,30+,31+/m1/s1. The number of para-hydroxylation sites is 1. The number of methoxy groups -OCH3 is 1. The third-order valence-electron chi connectivity index (χ3n) is 8.77. The van der Waals surface area contributed by atoms with Crippen molar-refractivity contribution in [1.82, 2.24) is 0 Å². The number of carbonyl (C=O) groups excluding carboxylic acids is 3. The molecule has 2 heterocycles. The van der Waals surface area contributed by atoms with E-state index in [4.69, 9.17) is 4.74 Å². The van der Waals surface area contributed by atoms with Crippen molar-refractivity contribution in [2.24, 2.45) is 5.41 Å². The van der Waals surface area contributed by atoms with E-state index in [1.807, 2.05) is 72.5 Å². The van der Waals surface area contributed by atoms with Crippen LogP contribution in [0.4, 0.5) is 5.69 Å². The lowest BCUT2D eigenvalue weighted by Gasteiger charge is -2.37. The number of hydrogen-bond acceptors (Lipinski definition) is 5. The summed E-state index contributed by atoms with van der Waals surface area (Å²) in [4.78, 5) is 46.0. The van der Waals surface area contributed by atoms with Crippen LogP contribution in [-0.4, -0.2) is 36.5 Å². The van der Waals surface area contributed by atoms with E-state index < -0.39 is 23.4 Å². The Morgan fingerprint density at radius 1 is 0.825 bits per heavy atom. The molecule has 1 aliphatic carbocycles. The average Bonchev–Trinajstić information content (AvgIpc) is 3.43. The van der Waals surface area contributed by atoms with Crippen molar-refractivity contribution in [2.75, 3.05) is 12.0 Å². The highest BCUT2D eigenvalue weighted by Gasteiger charge is 2.71. The van der Waals surface area contributed by atoms with Crippen LogP contribution in [-0.2, 0) is 0 Å². The zero-order chi connectivity index (χ0) is 27.6. The summed E-state index contributed by atoms with van der Waals surface area (Å²) in [5.74, 6) is -0.758. The number of anilines is 1. The summed E-state index contributed by atoms with van der Waals surface area (Å²) in [5.41, 5.74) is 3.45. The maximum Gasteiger partial charge on any atom is 0.186 e. The third-order valence-corrected chi connectivity index (χ3v) is 8.77. The Morgan fingerprint density at radius 3 is 2.20 bits per heavy atom. The minimum Gasteiger partial charge on any atom is -0.497 e. The van der Waals surface area contributed by atoms with E-state index >= 15 is 0 Å². The van der Waals surface area contributed by atoms with E-state index in [0.29, 0.717) is 22.4 Å². The van der Waals surface area contributed by atoms with E-state index in [-0.39, 0.29) is 17.3 Å². The molecule has 0 aromatic heterocycles. The van der Waals surface area contributed by atoms with Crippen molar-refractivity contribution in [1.29, 1.82) is 0 Å². The number of carbonyl (C=O) groups is 3. The molecule has 0 radical (unpaired) electrons. The van der Waals surface area contributed by atoms with Gasteiger partial charge in [0.15, 0.2) is 17.3 Å². The highest BCUT2D eigenvalue weighted by Crippen LogP contribution is 2.61. The third kappa shape index (κ3) is 3.18. The van der Waals surface area contributed by atoms with Gasteiger partial charge in [-0.15, -0.1) is 0 Å². The molecule has 4 aromatic rings. The van der Waals surface area contributed by atoms with Crippen molar-refractivity contribution in [2.45, 2.75) is 24.9 Å². The number of aryl methyl sites for hydroxylation is 1. The molecule has 0 N–H and O–H groups in total. The second kappa shape index (κ2) is 8.88. The lowest BCUT2D eigenvalue weighted by Crippen LogP contribution is -2.48. The number of rotatable bonds is 4. The predicted octanol–water partition coefficient (Wildman–Crippen LogP) is 6.32. The quantitative estimate of drug-likeness (QED) is 0.231. The Balaban J connectivity index is 1.54. The molecule has 5 nitrogen and oxygen atoms in total. The first-order chi connectivity index (χ1) is 19.5. The number of Topliss-reactive ketones (excluding diaryl/α,β-unsaturated/α-hetero) is 3. The van der Waals surface area contributed by atoms with Gasteiger partial charge in [0.2, 0.25) is 0 Å². The van der Waals surface area contributed by atoms with Crippen LogP contribution in [0.2, 0.25) is 0 Å². The van der Waals surface area contributed by atoms with Crippen molar-refractivity contribution >= 4 is 29.1 Å². The Labute approximate surface area is 232 Å². The first-order valence-corrected chi connectivity index (χ1v) is 13.5. The largest absolute Gasteiger partial charge is 0.497 e. The van der Waals surface area contributed by atoms with Crippen LogP contribution in [0.1, 0.15) is 53.7 Å². The fourth-order valence-electron chi connectivity index (χ4n) is 7.01. The maximum absolute atomic E-state index is 14.7. The first kappa shape index (κ1) is 24.3. The van der Waals surface area contributed by atoms with Crippen molar-refractivity contribution in [3.63, 3.8) is 0 Å². The fourth-order valence-corrected chi connectivity index (χ4v) is 7.01. The molecular formula is C35H27NO4. The Kier molecular flexibility index (Phi) is 5.39. The summed E-state index contributed by atoms with van der Waals surface area (Å²) in [6.07, 6.45) is 3.93. The maximum atomic E-state index is 14.7. The zero-order valence-electron chi connectivity index (χ0n) is 22.2. The molecule has 1 fully saturated rings. The normalized spacial score (nSPS) is 21.8. The number of fused-ring (bicyclic) bond motifs is 5. The lowest BCUT2D eigenvalue weighted by atomic mass is 9.64. The number of nitrogens with zero attached hydrogens (tertiary/aromatic N) is 1. The molecule has 5 heteroatoms. The fraction of sp³-hybridized carbons (Fsp3) is 0.171. The van der Waals surface area contributed by atoms with Gasteiger partial charge in [0, 0.05) is 28.3 Å². The smallest absolute Gasteiger partial charge is 0.186 e. The van der Waals surface area contributed by atoms with Gasteiger partial charge in [0.1, 0.15) is 17.2 Å². The molecule has 0 saturated carbocycles. The monoisotopic (exact) mass is 525 g/mol. The van der Waals surface area contributed by atoms with E-state index in [1.54, 1.807) is 55.6 Å². The van der Waals surface area contributed by atoms with Crippen LogP contribution < -0.4 is 9.64 Å². The summed E-state index contributed by atoms with van der Waals surface area (Å²) in [5, 5.41) is 0. The van der Waals surface area contributed by atoms with Crippen LogP contribution in [0.3, 0.4) is 0 Å². The summed E-state index contributed by atoms with van der Waals surface area (Å²) >= 11 is 0.